The summed E-state index contributed by atoms with van der Waals surface area (Å²) in [4.78, 5) is 37.9. The van der Waals surface area contributed by atoms with E-state index >= 15 is 0 Å². The Labute approximate surface area is 439 Å². The summed E-state index contributed by atoms with van der Waals surface area (Å²) in [5.41, 5.74) is 0. The quantitative estimate of drug-likeness (QED) is 0.0261. The van der Waals surface area contributed by atoms with Crippen molar-refractivity contribution in [2.75, 3.05) is 13.2 Å². The molecule has 0 rings (SSSR count). The molecule has 0 aliphatic heterocycles. The maximum absolute atomic E-state index is 12.8. The van der Waals surface area contributed by atoms with Crippen molar-refractivity contribution < 1.29 is 28.6 Å². The molecule has 1 atom stereocenters. The third-order valence-electron chi connectivity index (χ3n) is 12.9. The van der Waals surface area contributed by atoms with Crippen LogP contribution in [0.2, 0.25) is 0 Å². The van der Waals surface area contributed by atoms with Gasteiger partial charge in [-0.3, -0.25) is 14.4 Å². The Bertz CT molecular complexity index is 1370. The van der Waals surface area contributed by atoms with Crippen LogP contribution in [0.15, 0.2) is 85.1 Å². The van der Waals surface area contributed by atoms with E-state index < -0.39 is 6.10 Å². The molecule has 0 bridgehead atoms. The maximum atomic E-state index is 12.8. The van der Waals surface area contributed by atoms with Crippen LogP contribution in [-0.2, 0) is 28.6 Å². The Morgan fingerprint density at radius 2 is 0.549 bits per heavy atom. The summed E-state index contributed by atoms with van der Waals surface area (Å²) in [6.07, 6.45) is 77.6. The molecule has 0 N–H and O–H groups in total. The second-order valence-corrected chi connectivity index (χ2v) is 19.9. The van der Waals surface area contributed by atoms with Gasteiger partial charge in [-0.15, -0.1) is 0 Å². The lowest BCUT2D eigenvalue weighted by atomic mass is 10.0. The lowest BCUT2D eigenvalue weighted by Crippen LogP contribution is -2.30. The summed E-state index contributed by atoms with van der Waals surface area (Å²) in [5.74, 6) is -0.891. The van der Waals surface area contributed by atoms with Crippen LogP contribution in [0.4, 0.5) is 0 Å². The monoisotopic (exact) mass is 989 g/mol. The Morgan fingerprint density at radius 1 is 0.296 bits per heavy atom. The van der Waals surface area contributed by atoms with Gasteiger partial charge < -0.3 is 14.2 Å². The van der Waals surface area contributed by atoms with E-state index in [1.807, 2.05) is 0 Å². The summed E-state index contributed by atoms with van der Waals surface area (Å²) < 4.78 is 16.8. The van der Waals surface area contributed by atoms with E-state index in [4.69, 9.17) is 14.2 Å². The number of allylic oxidation sites excluding steroid dienone is 14. The minimum atomic E-state index is -0.777. The largest absolute Gasteiger partial charge is 0.462 e. The summed E-state index contributed by atoms with van der Waals surface area (Å²) in [6.45, 7) is 6.47. The van der Waals surface area contributed by atoms with E-state index in [1.54, 1.807) is 0 Å². The van der Waals surface area contributed by atoms with Crippen LogP contribution < -0.4 is 0 Å². The van der Waals surface area contributed by atoms with Gasteiger partial charge in [0.2, 0.25) is 0 Å². The second kappa shape index (κ2) is 59.2. The number of unbranched alkanes of at least 4 members (excludes halogenated alkanes) is 29. The highest BCUT2D eigenvalue weighted by molar-refractivity contribution is 5.71. The van der Waals surface area contributed by atoms with Crippen LogP contribution in [0.5, 0.6) is 0 Å². The predicted octanol–water partition coefficient (Wildman–Crippen LogP) is 20.3. The van der Waals surface area contributed by atoms with Crippen LogP contribution in [0.25, 0.3) is 0 Å². The van der Waals surface area contributed by atoms with Gasteiger partial charge in [0, 0.05) is 19.3 Å². The standard InChI is InChI=1S/C65H112O6/c1-4-7-10-13-16-18-20-22-24-26-27-28-29-30-31-32-33-34-35-36-37-38-39-40-42-43-45-47-49-52-55-58-64(67)70-61-62(60-69-63(66)57-54-51-15-12-9-6-3)71-65(68)59-56-53-50-48-46-44-41-25-23-21-19-17-14-11-8-5-2/h7,10,16,18,22,24-25,27-28,30-31,33-34,41,62H,4-6,8-9,11-15,17,19-21,23,26,29,32,35-40,42-61H2,1-3H3/b10-7-,18-16-,24-22-,28-27-,31-30-,34-33-,41-25-. The molecule has 0 aromatic carbocycles. The molecule has 0 aliphatic carbocycles. The zero-order valence-electron chi connectivity index (χ0n) is 46.7. The molecule has 0 radical (unpaired) electrons. The van der Waals surface area contributed by atoms with E-state index in [2.05, 4.69) is 106 Å². The van der Waals surface area contributed by atoms with E-state index in [1.165, 1.54) is 141 Å². The topological polar surface area (TPSA) is 78.9 Å². The molecule has 71 heavy (non-hydrogen) atoms. The van der Waals surface area contributed by atoms with Crippen molar-refractivity contribution in [2.24, 2.45) is 0 Å². The van der Waals surface area contributed by atoms with Gasteiger partial charge in [0.25, 0.3) is 0 Å². The SMILES string of the molecule is CC/C=C\C/C=C\C/C=C\C/C=C\C/C=C\C/C=C\CCCCCCCCCCCCCCC(=O)OCC(COC(=O)CCCCCCCC)OC(=O)CCCCCCC/C=C\CCCCCCCCC. The van der Waals surface area contributed by atoms with Crippen molar-refractivity contribution >= 4 is 17.9 Å². The fourth-order valence-electron chi connectivity index (χ4n) is 8.38. The Morgan fingerprint density at radius 3 is 0.873 bits per heavy atom. The van der Waals surface area contributed by atoms with Crippen molar-refractivity contribution in [3.05, 3.63) is 85.1 Å². The average molecular weight is 990 g/mol. The molecule has 0 aromatic rings. The highest BCUT2D eigenvalue weighted by Gasteiger charge is 2.19. The number of carbonyl (C=O) groups is 3. The van der Waals surface area contributed by atoms with Gasteiger partial charge in [-0.1, -0.05) is 260 Å². The van der Waals surface area contributed by atoms with E-state index in [0.717, 1.165) is 109 Å². The first kappa shape index (κ1) is 67.6. The zero-order valence-corrected chi connectivity index (χ0v) is 46.7. The first-order valence-electron chi connectivity index (χ1n) is 30.1. The molecule has 6 heteroatoms. The first-order valence-corrected chi connectivity index (χ1v) is 30.1. The molecular formula is C65H112O6. The van der Waals surface area contributed by atoms with Crippen molar-refractivity contribution in [3.63, 3.8) is 0 Å². The molecule has 0 saturated carbocycles. The van der Waals surface area contributed by atoms with Crippen molar-refractivity contribution in [1.82, 2.24) is 0 Å². The minimum absolute atomic E-state index is 0.0781. The number of hydrogen-bond acceptors (Lipinski definition) is 6. The van der Waals surface area contributed by atoms with Gasteiger partial charge in [0.1, 0.15) is 13.2 Å². The summed E-state index contributed by atoms with van der Waals surface area (Å²) >= 11 is 0. The van der Waals surface area contributed by atoms with Crippen LogP contribution in [0.3, 0.4) is 0 Å². The molecule has 0 fully saturated rings. The molecule has 0 saturated heterocycles. The number of hydrogen-bond donors (Lipinski definition) is 0. The molecule has 1 unspecified atom stereocenters. The Balaban J connectivity index is 4.07. The second-order valence-electron chi connectivity index (χ2n) is 19.9. The minimum Gasteiger partial charge on any atom is -0.462 e. The lowest BCUT2D eigenvalue weighted by molar-refractivity contribution is -0.167. The van der Waals surface area contributed by atoms with E-state index in [0.29, 0.717) is 19.3 Å². The molecule has 0 aliphatic rings. The van der Waals surface area contributed by atoms with Gasteiger partial charge >= 0.3 is 17.9 Å². The average Bonchev–Trinajstić information content (AvgIpc) is 3.37. The summed E-state index contributed by atoms with van der Waals surface area (Å²) in [6, 6.07) is 0. The van der Waals surface area contributed by atoms with Gasteiger partial charge in [0.05, 0.1) is 0 Å². The third kappa shape index (κ3) is 57.4. The van der Waals surface area contributed by atoms with Crippen molar-refractivity contribution in [1.29, 1.82) is 0 Å². The van der Waals surface area contributed by atoms with E-state index in [-0.39, 0.29) is 31.1 Å². The van der Waals surface area contributed by atoms with Crippen LogP contribution in [-0.4, -0.2) is 37.2 Å². The van der Waals surface area contributed by atoms with Crippen LogP contribution >= 0.6 is 0 Å². The molecule has 0 heterocycles. The van der Waals surface area contributed by atoms with Crippen LogP contribution in [0, 0.1) is 0 Å². The Kier molecular flexibility index (Phi) is 56.3. The van der Waals surface area contributed by atoms with Gasteiger partial charge in [0.15, 0.2) is 6.10 Å². The predicted molar refractivity (Wildman–Crippen MR) is 307 cm³/mol. The van der Waals surface area contributed by atoms with E-state index in [9.17, 15) is 14.4 Å². The number of rotatable bonds is 54. The molecule has 408 valence electrons. The molecule has 6 nitrogen and oxygen atoms in total. The fraction of sp³-hybridized carbons (Fsp3) is 0.738. The number of ether oxygens (including phenoxy) is 3. The summed E-state index contributed by atoms with van der Waals surface area (Å²) in [5, 5.41) is 0. The highest BCUT2D eigenvalue weighted by atomic mass is 16.6. The number of esters is 3. The molecular weight excluding hydrogens is 877 g/mol. The molecule has 0 aromatic heterocycles. The van der Waals surface area contributed by atoms with Gasteiger partial charge in [-0.2, -0.15) is 0 Å². The first-order chi connectivity index (χ1) is 35.0. The molecule has 0 amide bonds. The van der Waals surface area contributed by atoms with Crippen LogP contribution in [0.1, 0.15) is 290 Å². The highest BCUT2D eigenvalue weighted by Crippen LogP contribution is 2.16. The lowest BCUT2D eigenvalue weighted by Gasteiger charge is -2.18. The fourth-order valence-corrected chi connectivity index (χ4v) is 8.38. The Hall–Kier alpha value is -3.41. The maximum Gasteiger partial charge on any atom is 0.306 e. The summed E-state index contributed by atoms with van der Waals surface area (Å²) in [7, 11) is 0. The molecule has 0 spiro atoms. The zero-order chi connectivity index (χ0) is 51.4. The normalized spacial score (nSPS) is 12.7. The number of carbonyl (C=O) groups excluding carboxylic acids is 3. The van der Waals surface area contributed by atoms with Crippen molar-refractivity contribution in [2.45, 2.75) is 297 Å². The smallest absolute Gasteiger partial charge is 0.306 e. The third-order valence-corrected chi connectivity index (χ3v) is 12.9. The van der Waals surface area contributed by atoms with Gasteiger partial charge in [-0.05, 0) is 96.3 Å². The van der Waals surface area contributed by atoms with Crippen molar-refractivity contribution in [3.8, 4) is 0 Å². The van der Waals surface area contributed by atoms with Gasteiger partial charge in [-0.25, -0.2) is 0 Å².